The van der Waals surface area contributed by atoms with E-state index in [-0.39, 0.29) is 0 Å². The Labute approximate surface area is 123 Å². The Morgan fingerprint density at radius 3 is 2.80 bits per heavy atom. The van der Waals surface area contributed by atoms with Crippen molar-refractivity contribution >= 4 is 5.78 Å². The molecule has 0 aromatic rings. The monoisotopic (exact) mass is 272 g/mol. The number of hydrogen-bond donors (Lipinski definition) is 0. The molecular formula is C19H28O. The molecule has 3 fully saturated rings. The molecule has 0 aromatic carbocycles. The van der Waals surface area contributed by atoms with Gasteiger partial charge in [0.15, 0.2) is 0 Å². The van der Waals surface area contributed by atoms with Crippen molar-refractivity contribution < 1.29 is 4.79 Å². The van der Waals surface area contributed by atoms with Gasteiger partial charge in [-0.15, -0.1) is 0 Å². The summed E-state index contributed by atoms with van der Waals surface area (Å²) in [5.74, 6) is 2.94. The van der Waals surface area contributed by atoms with Crippen molar-refractivity contribution in [2.75, 3.05) is 0 Å². The van der Waals surface area contributed by atoms with Gasteiger partial charge in [0, 0.05) is 12.8 Å². The average Bonchev–Trinajstić information content (AvgIpc) is 2.81. The maximum atomic E-state index is 11.8. The number of rotatable bonds is 0. The minimum Gasteiger partial charge on any atom is -0.300 e. The Morgan fingerprint density at radius 2 is 1.95 bits per heavy atom. The van der Waals surface area contributed by atoms with Gasteiger partial charge in [0.2, 0.25) is 0 Å². The number of allylic oxidation sites excluding steroid dienone is 2. The number of carbonyl (C=O) groups is 1. The second-order valence-electron chi connectivity index (χ2n) is 8.53. The highest BCUT2D eigenvalue weighted by Gasteiger charge is 2.55. The molecule has 0 unspecified atom stereocenters. The van der Waals surface area contributed by atoms with Crippen LogP contribution in [-0.4, -0.2) is 5.78 Å². The van der Waals surface area contributed by atoms with Crippen molar-refractivity contribution in [1.29, 1.82) is 0 Å². The van der Waals surface area contributed by atoms with Gasteiger partial charge >= 0.3 is 0 Å². The van der Waals surface area contributed by atoms with Crippen LogP contribution >= 0.6 is 0 Å². The minimum absolute atomic E-state index is 0.460. The minimum atomic E-state index is 0.460. The Balaban J connectivity index is 1.67. The standard InChI is InChI=1S/C19H28O/c1-18-9-3-4-16(18)15-6-5-13-12-14(20)7-11-19(13,2)17(15)8-10-18/h4,13,15,17H,3,5-12H2,1-2H3/t13-,15-,17-,18-,19-/m0/s1. The maximum absolute atomic E-state index is 11.8. The molecular weight excluding hydrogens is 244 g/mol. The van der Waals surface area contributed by atoms with Crippen LogP contribution in [0.15, 0.2) is 11.6 Å². The van der Waals surface area contributed by atoms with Gasteiger partial charge in [-0.25, -0.2) is 0 Å². The number of Topliss-reactive ketones (excluding diaryl/α,β-unsaturated/α-hetero) is 1. The van der Waals surface area contributed by atoms with E-state index in [1.165, 1.54) is 44.9 Å². The zero-order chi connectivity index (χ0) is 14.0. The molecule has 3 saturated carbocycles. The fraction of sp³-hybridized carbons (Fsp3) is 0.842. The Morgan fingerprint density at radius 1 is 1.10 bits per heavy atom. The van der Waals surface area contributed by atoms with Gasteiger partial charge in [-0.1, -0.05) is 25.5 Å². The molecule has 0 heterocycles. The van der Waals surface area contributed by atoms with E-state index in [1.807, 2.05) is 5.57 Å². The van der Waals surface area contributed by atoms with E-state index >= 15 is 0 Å². The van der Waals surface area contributed by atoms with Crippen LogP contribution < -0.4 is 0 Å². The third-order valence-corrected chi connectivity index (χ3v) is 7.67. The van der Waals surface area contributed by atoms with Crippen LogP contribution in [0.1, 0.15) is 71.6 Å². The molecule has 0 aromatic heterocycles. The number of hydrogen-bond acceptors (Lipinski definition) is 1. The fourth-order valence-electron chi connectivity index (χ4n) is 6.37. The van der Waals surface area contributed by atoms with Crippen molar-refractivity contribution in [1.82, 2.24) is 0 Å². The maximum Gasteiger partial charge on any atom is 0.133 e. The number of carbonyl (C=O) groups excluding carboxylic acids is 1. The van der Waals surface area contributed by atoms with Crippen molar-refractivity contribution in [2.24, 2.45) is 28.6 Å². The lowest BCUT2D eigenvalue weighted by molar-refractivity contribution is -0.131. The molecule has 0 saturated heterocycles. The lowest BCUT2D eigenvalue weighted by atomic mass is 9.46. The van der Waals surface area contributed by atoms with Gasteiger partial charge in [0.05, 0.1) is 0 Å². The summed E-state index contributed by atoms with van der Waals surface area (Å²) < 4.78 is 0. The van der Waals surface area contributed by atoms with E-state index in [0.717, 1.165) is 24.7 Å². The Kier molecular flexibility index (Phi) is 2.76. The van der Waals surface area contributed by atoms with Crippen LogP contribution in [0.3, 0.4) is 0 Å². The first-order valence-electron chi connectivity index (χ1n) is 8.75. The SMILES string of the molecule is C[C@@]12CCC=C1[C@@H]1CC[C@H]3CC(=O)CC[C@]3(C)[C@H]1CC2. The second kappa shape index (κ2) is 4.21. The van der Waals surface area contributed by atoms with E-state index in [9.17, 15) is 4.79 Å². The van der Waals surface area contributed by atoms with Crippen LogP contribution in [0.25, 0.3) is 0 Å². The van der Waals surface area contributed by atoms with E-state index in [0.29, 0.717) is 22.5 Å². The summed E-state index contributed by atoms with van der Waals surface area (Å²) in [5.41, 5.74) is 2.82. The van der Waals surface area contributed by atoms with Gasteiger partial charge in [-0.3, -0.25) is 4.79 Å². The molecule has 20 heavy (non-hydrogen) atoms. The molecule has 4 rings (SSSR count). The summed E-state index contributed by atoms with van der Waals surface area (Å²) in [7, 11) is 0. The van der Waals surface area contributed by atoms with Crippen molar-refractivity contribution in [3.05, 3.63) is 11.6 Å². The molecule has 1 heteroatoms. The molecule has 0 radical (unpaired) electrons. The van der Waals surface area contributed by atoms with Crippen molar-refractivity contribution in [3.8, 4) is 0 Å². The van der Waals surface area contributed by atoms with Crippen LogP contribution in [0.2, 0.25) is 0 Å². The molecule has 110 valence electrons. The molecule has 4 aliphatic rings. The van der Waals surface area contributed by atoms with E-state index < -0.39 is 0 Å². The van der Waals surface area contributed by atoms with Gasteiger partial charge in [-0.05, 0) is 73.5 Å². The molecule has 5 atom stereocenters. The largest absolute Gasteiger partial charge is 0.300 e. The highest BCUT2D eigenvalue weighted by atomic mass is 16.1. The quantitative estimate of drug-likeness (QED) is 0.573. The highest BCUT2D eigenvalue weighted by molar-refractivity contribution is 5.79. The number of ketones is 1. The molecule has 0 N–H and O–H groups in total. The first-order valence-corrected chi connectivity index (χ1v) is 8.75. The summed E-state index contributed by atoms with van der Waals surface area (Å²) in [5, 5.41) is 0. The average molecular weight is 272 g/mol. The first-order chi connectivity index (χ1) is 9.53. The van der Waals surface area contributed by atoms with Crippen LogP contribution in [0.5, 0.6) is 0 Å². The number of fused-ring (bicyclic) bond motifs is 5. The lowest BCUT2D eigenvalue weighted by Gasteiger charge is -2.58. The molecule has 4 aliphatic carbocycles. The van der Waals surface area contributed by atoms with Crippen LogP contribution in [0.4, 0.5) is 0 Å². The van der Waals surface area contributed by atoms with E-state index in [4.69, 9.17) is 0 Å². The van der Waals surface area contributed by atoms with Gasteiger partial charge in [0.1, 0.15) is 5.78 Å². The molecule has 0 spiro atoms. The summed E-state index contributed by atoms with van der Waals surface area (Å²) in [4.78, 5) is 11.8. The first kappa shape index (κ1) is 13.1. The smallest absolute Gasteiger partial charge is 0.133 e. The predicted molar refractivity (Wildman–Crippen MR) is 81.3 cm³/mol. The zero-order valence-corrected chi connectivity index (χ0v) is 13.1. The predicted octanol–water partition coefficient (Wildman–Crippen LogP) is 4.91. The summed E-state index contributed by atoms with van der Waals surface area (Å²) in [6.07, 6.45) is 13.7. The Bertz CT molecular complexity index is 476. The summed E-state index contributed by atoms with van der Waals surface area (Å²) in [6, 6.07) is 0. The van der Waals surface area contributed by atoms with Crippen LogP contribution in [-0.2, 0) is 4.79 Å². The van der Waals surface area contributed by atoms with Crippen LogP contribution in [0, 0.1) is 28.6 Å². The fourth-order valence-corrected chi connectivity index (χ4v) is 6.37. The molecule has 0 aliphatic heterocycles. The van der Waals surface area contributed by atoms with Gasteiger partial charge in [0.25, 0.3) is 0 Å². The molecule has 0 amide bonds. The topological polar surface area (TPSA) is 17.1 Å². The van der Waals surface area contributed by atoms with Gasteiger partial charge in [-0.2, -0.15) is 0 Å². The lowest BCUT2D eigenvalue weighted by Crippen LogP contribution is -2.50. The Hall–Kier alpha value is -0.590. The third kappa shape index (κ3) is 1.64. The molecule has 1 nitrogen and oxygen atoms in total. The second-order valence-corrected chi connectivity index (χ2v) is 8.53. The zero-order valence-electron chi connectivity index (χ0n) is 13.1. The third-order valence-electron chi connectivity index (χ3n) is 7.67. The van der Waals surface area contributed by atoms with Gasteiger partial charge < -0.3 is 0 Å². The van der Waals surface area contributed by atoms with E-state index in [2.05, 4.69) is 19.9 Å². The molecule has 0 bridgehead atoms. The normalized spacial score (nSPS) is 51.0. The van der Waals surface area contributed by atoms with E-state index in [1.54, 1.807) is 0 Å². The van der Waals surface area contributed by atoms with Crippen molar-refractivity contribution in [2.45, 2.75) is 71.6 Å². The van der Waals surface area contributed by atoms with Crippen molar-refractivity contribution in [3.63, 3.8) is 0 Å². The highest BCUT2D eigenvalue weighted by Crippen LogP contribution is 2.64. The summed E-state index contributed by atoms with van der Waals surface area (Å²) >= 11 is 0. The summed E-state index contributed by atoms with van der Waals surface area (Å²) in [6.45, 7) is 5.04.